The number of nitrogens with zero attached hydrogens (tertiary/aromatic N) is 3. The van der Waals surface area contributed by atoms with Gasteiger partial charge in [-0.15, -0.1) is 0 Å². The molecule has 4 rings (SSSR count). The summed E-state index contributed by atoms with van der Waals surface area (Å²) in [5.74, 6) is -0.0957. The Morgan fingerprint density at radius 2 is 1.97 bits per heavy atom. The predicted octanol–water partition coefficient (Wildman–Crippen LogP) is 3.46. The molecule has 0 radical (unpaired) electrons. The largest absolute Gasteiger partial charge is 0.369 e. The maximum Gasteiger partial charge on any atom is 0.269 e. The fourth-order valence-electron chi connectivity index (χ4n) is 3.86. The minimum absolute atomic E-state index is 0.0238. The first-order valence-corrected chi connectivity index (χ1v) is 10.3. The summed E-state index contributed by atoms with van der Waals surface area (Å²) < 4.78 is 1.46. The van der Waals surface area contributed by atoms with E-state index in [4.69, 9.17) is 0 Å². The van der Waals surface area contributed by atoms with Crippen molar-refractivity contribution < 1.29 is 4.79 Å². The average Bonchev–Trinajstić information content (AvgIpc) is 2.76. The van der Waals surface area contributed by atoms with Crippen LogP contribution in [0, 0.1) is 12.8 Å². The van der Waals surface area contributed by atoms with Gasteiger partial charge in [0.1, 0.15) is 0 Å². The molecule has 0 aliphatic carbocycles. The fraction of sp³-hybridized carbons (Fsp3) is 0.292. The van der Waals surface area contributed by atoms with Gasteiger partial charge in [-0.2, -0.15) is 5.10 Å². The summed E-state index contributed by atoms with van der Waals surface area (Å²) in [5.41, 5.74) is 3.60. The van der Waals surface area contributed by atoms with E-state index in [1.54, 1.807) is 12.3 Å². The topological polar surface area (TPSA) is 67.2 Å². The van der Waals surface area contributed by atoms with Gasteiger partial charge in [0.25, 0.3) is 5.56 Å². The van der Waals surface area contributed by atoms with Crippen molar-refractivity contribution in [1.29, 1.82) is 0 Å². The number of benzene rings is 2. The lowest BCUT2D eigenvalue weighted by molar-refractivity contribution is -0.120. The molecule has 3 aromatic rings. The van der Waals surface area contributed by atoms with E-state index in [0.717, 1.165) is 41.9 Å². The minimum atomic E-state index is -0.136. The third kappa shape index (κ3) is 4.76. The number of aromatic nitrogens is 2. The number of aryl methyl sites for hydroxylation is 1. The van der Waals surface area contributed by atoms with Crippen LogP contribution in [0.2, 0.25) is 0 Å². The van der Waals surface area contributed by atoms with Crippen molar-refractivity contribution in [1.82, 2.24) is 9.78 Å². The van der Waals surface area contributed by atoms with Crippen molar-refractivity contribution in [2.45, 2.75) is 26.3 Å². The van der Waals surface area contributed by atoms with Gasteiger partial charge in [0, 0.05) is 24.8 Å². The van der Waals surface area contributed by atoms with Crippen molar-refractivity contribution in [3.05, 3.63) is 88.3 Å². The minimum Gasteiger partial charge on any atom is -0.369 e. The Kier molecular flexibility index (Phi) is 5.93. The second kappa shape index (κ2) is 8.95. The third-order valence-corrected chi connectivity index (χ3v) is 5.47. The molecule has 30 heavy (non-hydrogen) atoms. The molecule has 6 nitrogen and oxygen atoms in total. The highest BCUT2D eigenvalue weighted by Gasteiger charge is 2.26. The summed E-state index contributed by atoms with van der Waals surface area (Å²) in [7, 11) is 0. The fourth-order valence-corrected chi connectivity index (χ4v) is 3.86. The third-order valence-electron chi connectivity index (χ3n) is 5.47. The molecule has 2 aromatic carbocycles. The Labute approximate surface area is 176 Å². The number of hydrogen-bond donors (Lipinski definition) is 1. The Hall–Kier alpha value is -3.41. The van der Waals surface area contributed by atoms with Crippen molar-refractivity contribution in [3.8, 4) is 0 Å². The number of piperidine rings is 1. The van der Waals surface area contributed by atoms with E-state index in [0.29, 0.717) is 13.1 Å². The molecule has 0 spiro atoms. The molecule has 1 aromatic heterocycles. The van der Waals surface area contributed by atoms with Gasteiger partial charge in [-0.05, 0) is 43.0 Å². The Balaban J connectivity index is 1.43. The van der Waals surface area contributed by atoms with Crippen LogP contribution in [0.1, 0.15) is 24.0 Å². The lowest BCUT2D eigenvalue weighted by Gasteiger charge is -2.33. The summed E-state index contributed by atoms with van der Waals surface area (Å²) in [4.78, 5) is 27.4. The number of anilines is 2. The molecule has 1 aliphatic heterocycles. The van der Waals surface area contributed by atoms with Crippen molar-refractivity contribution >= 4 is 17.3 Å². The first kappa shape index (κ1) is 19.9. The predicted molar refractivity (Wildman–Crippen MR) is 119 cm³/mol. The number of hydrogen-bond acceptors (Lipinski definition) is 4. The highest BCUT2D eigenvalue weighted by molar-refractivity contribution is 5.93. The number of rotatable bonds is 5. The van der Waals surface area contributed by atoms with E-state index in [2.05, 4.69) is 15.3 Å². The van der Waals surface area contributed by atoms with Gasteiger partial charge in [-0.1, -0.05) is 42.5 Å². The summed E-state index contributed by atoms with van der Waals surface area (Å²) >= 11 is 0. The lowest BCUT2D eigenvalue weighted by Crippen LogP contribution is -2.41. The highest BCUT2D eigenvalue weighted by Crippen LogP contribution is 2.23. The molecule has 0 bridgehead atoms. The molecule has 0 saturated carbocycles. The number of carbonyl (C=O) groups is 1. The smallest absolute Gasteiger partial charge is 0.269 e. The van der Waals surface area contributed by atoms with E-state index >= 15 is 0 Å². The average molecular weight is 402 g/mol. The van der Waals surface area contributed by atoms with Gasteiger partial charge in [-0.3, -0.25) is 9.59 Å². The molecule has 154 valence electrons. The first-order chi connectivity index (χ1) is 14.6. The van der Waals surface area contributed by atoms with E-state index in [1.165, 1.54) is 4.68 Å². The molecule has 1 amide bonds. The molecule has 1 N–H and O–H groups in total. The molecular formula is C24H26N4O2. The standard InChI is InChI=1S/C24H26N4O2/c1-18-7-5-11-21(13-18)26-24(30)20-10-6-12-27(17-20)22-14-23(29)28(25-15-22)16-19-8-3-2-4-9-19/h2-5,7-9,11,13-15,20H,6,10,12,16-17H2,1H3,(H,26,30). The monoisotopic (exact) mass is 402 g/mol. The Bertz CT molecular complexity index is 1080. The zero-order valence-corrected chi connectivity index (χ0v) is 17.1. The summed E-state index contributed by atoms with van der Waals surface area (Å²) in [6.07, 6.45) is 3.47. The van der Waals surface area contributed by atoms with Gasteiger partial charge in [-0.25, -0.2) is 4.68 Å². The van der Waals surface area contributed by atoms with Crippen LogP contribution in [0.3, 0.4) is 0 Å². The second-order valence-electron chi connectivity index (χ2n) is 7.84. The van der Waals surface area contributed by atoms with Gasteiger partial charge >= 0.3 is 0 Å². The van der Waals surface area contributed by atoms with Gasteiger partial charge in [0.05, 0.1) is 24.3 Å². The maximum atomic E-state index is 12.8. The number of carbonyl (C=O) groups excluding carboxylic acids is 1. The van der Waals surface area contributed by atoms with Crippen LogP contribution in [0.5, 0.6) is 0 Å². The summed E-state index contributed by atoms with van der Waals surface area (Å²) in [6.45, 7) is 3.85. The number of nitrogens with one attached hydrogen (secondary N) is 1. The normalized spacial score (nSPS) is 16.3. The SMILES string of the molecule is Cc1cccc(NC(=O)C2CCCN(c3cnn(Cc4ccccc4)c(=O)c3)C2)c1. The maximum absolute atomic E-state index is 12.8. The van der Waals surface area contributed by atoms with Crippen LogP contribution in [0.15, 0.2) is 71.7 Å². The lowest BCUT2D eigenvalue weighted by atomic mass is 9.96. The highest BCUT2D eigenvalue weighted by atomic mass is 16.2. The van der Waals surface area contributed by atoms with Crippen LogP contribution in [0.25, 0.3) is 0 Å². The van der Waals surface area contributed by atoms with E-state index in [1.807, 2.05) is 61.5 Å². The van der Waals surface area contributed by atoms with Crippen LogP contribution in [0.4, 0.5) is 11.4 Å². The molecule has 6 heteroatoms. The molecule has 1 unspecified atom stereocenters. The molecule has 1 saturated heterocycles. The van der Waals surface area contributed by atoms with Gasteiger partial charge in [0.2, 0.25) is 5.91 Å². The van der Waals surface area contributed by atoms with Gasteiger partial charge < -0.3 is 10.2 Å². The van der Waals surface area contributed by atoms with Crippen molar-refractivity contribution in [2.24, 2.45) is 5.92 Å². The first-order valence-electron chi connectivity index (χ1n) is 10.3. The zero-order chi connectivity index (χ0) is 20.9. The Morgan fingerprint density at radius 1 is 1.13 bits per heavy atom. The van der Waals surface area contributed by atoms with E-state index in [9.17, 15) is 9.59 Å². The van der Waals surface area contributed by atoms with Crippen molar-refractivity contribution in [3.63, 3.8) is 0 Å². The summed E-state index contributed by atoms with van der Waals surface area (Å²) in [6, 6.07) is 19.2. The molecule has 2 heterocycles. The number of amides is 1. The van der Waals surface area contributed by atoms with E-state index in [-0.39, 0.29) is 17.4 Å². The quantitative estimate of drug-likeness (QED) is 0.710. The molecule has 1 aliphatic rings. The zero-order valence-electron chi connectivity index (χ0n) is 17.1. The van der Waals surface area contributed by atoms with Crippen LogP contribution >= 0.6 is 0 Å². The molecule has 1 fully saturated rings. The Morgan fingerprint density at radius 3 is 2.73 bits per heavy atom. The van der Waals surface area contributed by atoms with Crippen LogP contribution in [-0.4, -0.2) is 28.8 Å². The van der Waals surface area contributed by atoms with Crippen LogP contribution in [-0.2, 0) is 11.3 Å². The molecule has 1 atom stereocenters. The summed E-state index contributed by atoms with van der Waals surface area (Å²) in [5, 5.41) is 7.38. The van der Waals surface area contributed by atoms with Crippen LogP contribution < -0.4 is 15.8 Å². The van der Waals surface area contributed by atoms with Crippen molar-refractivity contribution in [2.75, 3.05) is 23.3 Å². The second-order valence-corrected chi connectivity index (χ2v) is 7.84. The molecular weight excluding hydrogens is 376 g/mol. The van der Waals surface area contributed by atoms with E-state index < -0.39 is 0 Å². The van der Waals surface area contributed by atoms with Gasteiger partial charge in [0.15, 0.2) is 0 Å².